The van der Waals surface area contributed by atoms with Crippen LogP contribution in [0.5, 0.6) is 5.75 Å². The summed E-state index contributed by atoms with van der Waals surface area (Å²) in [5, 5.41) is 2.43. The number of carbonyl (C=O) groups is 2. The van der Waals surface area contributed by atoms with Gasteiger partial charge in [-0.05, 0) is 41.5 Å². The molecular formula is C23H17F3N2O3. The molecule has 0 saturated carbocycles. The van der Waals surface area contributed by atoms with Crippen LogP contribution in [0.15, 0.2) is 60.7 Å². The van der Waals surface area contributed by atoms with Gasteiger partial charge in [-0.25, -0.2) is 18.0 Å². The Labute approximate surface area is 176 Å². The van der Waals surface area contributed by atoms with Gasteiger partial charge >= 0.3 is 6.09 Å². The average Bonchev–Trinajstić information content (AvgIpc) is 3.05. The van der Waals surface area contributed by atoms with Crippen LogP contribution in [0.3, 0.4) is 0 Å². The zero-order valence-corrected chi connectivity index (χ0v) is 16.6. The van der Waals surface area contributed by atoms with Gasteiger partial charge in [0.2, 0.25) is 5.91 Å². The number of anilines is 1. The second-order valence-corrected chi connectivity index (χ2v) is 7.28. The van der Waals surface area contributed by atoms with Crippen LogP contribution in [0.1, 0.15) is 16.7 Å². The Morgan fingerprint density at radius 3 is 2.06 bits per heavy atom. The Kier molecular flexibility index (Phi) is 4.93. The number of fused-ring (bicyclic) bond motifs is 1. The molecule has 1 aliphatic heterocycles. The highest BCUT2D eigenvalue weighted by Gasteiger charge is 2.51. The number of benzene rings is 3. The summed E-state index contributed by atoms with van der Waals surface area (Å²) in [5.41, 5.74) is -0.847. The van der Waals surface area contributed by atoms with E-state index in [4.69, 9.17) is 4.74 Å². The lowest BCUT2D eigenvalue weighted by Gasteiger charge is -2.29. The normalized spacial score (nSPS) is 17.1. The summed E-state index contributed by atoms with van der Waals surface area (Å²) in [6, 6.07) is 13.6. The van der Waals surface area contributed by atoms with E-state index in [1.165, 1.54) is 61.5 Å². The number of carbonyl (C=O) groups excluding carboxylic acids is 2. The third-order valence-electron chi connectivity index (χ3n) is 5.21. The molecule has 1 aliphatic rings. The lowest BCUT2D eigenvalue weighted by atomic mass is 9.70. The first-order valence-electron chi connectivity index (χ1n) is 9.30. The molecule has 0 fully saturated rings. The molecule has 0 radical (unpaired) electrons. The van der Waals surface area contributed by atoms with Gasteiger partial charge in [-0.1, -0.05) is 30.3 Å². The van der Waals surface area contributed by atoms with Gasteiger partial charge in [0, 0.05) is 19.7 Å². The predicted octanol–water partition coefficient (Wildman–Crippen LogP) is 4.45. The van der Waals surface area contributed by atoms with Gasteiger partial charge in [-0.3, -0.25) is 4.79 Å². The van der Waals surface area contributed by atoms with Crippen LogP contribution in [0.2, 0.25) is 0 Å². The fourth-order valence-electron chi connectivity index (χ4n) is 3.72. The van der Waals surface area contributed by atoms with Crippen molar-refractivity contribution in [2.45, 2.75) is 5.41 Å². The summed E-state index contributed by atoms with van der Waals surface area (Å²) in [5.74, 6) is -3.16. The molecule has 1 unspecified atom stereocenters. The molecule has 0 saturated heterocycles. The number of nitrogens with one attached hydrogen (secondary N) is 1. The molecule has 8 heteroatoms. The Morgan fingerprint density at radius 2 is 1.48 bits per heavy atom. The molecule has 3 aromatic rings. The van der Waals surface area contributed by atoms with E-state index in [0.29, 0.717) is 11.1 Å². The monoisotopic (exact) mass is 426 g/mol. The maximum Gasteiger partial charge on any atom is 0.414 e. The van der Waals surface area contributed by atoms with E-state index >= 15 is 0 Å². The summed E-state index contributed by atoms with van der Waals surface area (Å²) in [6.07, 6.45) is -0.581. The Balaban J connectivity index is 1.91. The Hall–Kier alpha value is -3.81. The van der Waals surface area contributed by atoms with Crippen molar-refractivity contribution in [3.05, 3.63) is 94.8 Å². The molecule has 158 valence electrons. The first-order chi connectivity index (χ1) is 14.7. The standard InChI is InChI=1S/C23H17F3N2O3/c1-28(2)22(30)31-16-9-5-14(6-10-16)23(13-3-7-15(24)8-4-13)17-11-12-18(25)19(26)20(17)27-21(23)29/h3-12H,1-2H3,(H,27,29). The SMILES string of the molecule is CN(C)C(=O)Oc1ccc(C2(c3ccc(F)cc3)C(=O)Nc3c2ccc(F)c3F)cc1. The van der Waals surface area contributed by atoms with E-state index in [1.54, 1.807) is 12.1 Å². The number of ether oxygens (including phenoxy) is 1. The summed E-state index contributed by atoms with van der Waals surface area (Å²) in [6.45, 7) is 0. The summed E-state index contributed by atoms with van der Waals surface area (Å²) in [7, 11) is 3.07. The van der Waals surface area contributed by atoms with Crippen molar-refractivity contribution < 1.29 is 27.5 Å². The number of hydrogen-bond acceptors (Lipinski definition) is 3. The van der Waals surface area contributed by atoms with Crippen molar-refractivity contribution >= 4 is 17.7 Å². The molecule has 0 bridgehead atoms. The minimum atomic E-state index is -1.55. The molecule has 5 nitrogen and oxygen atoms in total. The molecule has 31 heavy (non-hydrogen) atoms. The van der Waals surface area contributed by atoms with Crippen molar-refractivity contribution in [1.82, 2.24) is 4.90 Å². The first kappa shape index (κ1) is 20.5. The fourth-order valence-corrected chi connectivity index (χ4v) is 3.72. The average molecular weight is 426 g/mol. The van der Waals surface area contributed by atoms with E-state index in [9.17, 15) is 22.8 Å². The third-order valence-corrected chi connectivity index (χ3v) is 5.21. The molecule has 4 rings (SSSR count). The van der Waals surface area contributed by atoms with E-state index in [-0.39, 0.29) is 17.0 Å². The number of rotatable bonds is 3. The van der Waals surface area contributed by atoms with Crippen LogP contribution < -0.4 is 10.1 Å². The van der Waals surface area contributed by atoms with Gasteiger partial charge in [-0.2, -0.15) is 0 Å². The van der Waals surface area contributed by atoms with E-state index in [2.05, 4.69) is 5.32 Å². The molecule has 1 N–H and O–H groups in total. The van der Waals surface area contributed by atoms with Crippen LogP contribution in [-0.2, 0) is 10.2 Å². The summed E-state index contributed by atoms with van der Waals surface area (Å²) < 4.78 is 47.1. The Bertz CT molecular complexity index is 1180. The molecule has 0 aromatic heterocycles. The predicted molar refractivity (Wildman–Crippen MR) is 107 cm³/mol. The number of amides is 2. The van der Waals surface area contributed by atoms with Crippen LogP contribution >= 0.6 is 0 Å². The molecule has 3 aromatic carbocycles. The van der Waals surface area contributed by atoms with Crippen LogP contribution in [-0.4, -0.2) is 31.0 Å². The van der Waals surface area contributed by atoms with Gasteiger partial charge in [-0.15, -0.1) is 0 Å². The zero-order valence-electron chi connectivity index (χ0n) is 16.6. The van der Waals surface area contributed by atoms with Gasteiger partial charge < -0.3 is 15.0 Å². The first-order valence-corrected chi connectivity index (χ1v) is 9.30. The number of hydrogen-bond donors (Lipinski definition) is 1. The van der Waals surface area contributed by atoms with Gasteiger partial charge in [0.1, 0.15) is 17.0 Å². The summed E-state index contributed by atoms with van der Waals surface area (Å²) in [4.78, 5) is 26.3. The minimum Gasteiger partial charge on any atom is -0.410 e. The lowest BCUT2D eigenvalue weighted by molar-refractivity contribution is -0.118. The highest BCUT2D eigenvalue weighted by atomic mass is 19.2. The highest BCUT2D eigenvalue weighted by Crippen LogP contribution is 2.49. The van der Waals surface area contributed by atoms with Gasteiger partial charge in [0.25, 0.3) is 0 Å². The second kappa shape index (κ2) is 7.46. The molecule has 0 aliphatic carbocycles. The maximum atomic E-state index is 14.5. The van der Waals surface area contributed by atoms with Crippen LogP contribution in [0.25, 0.3) is 0 Å². The van der Waals surface area contributed by atoms with Crippen molar-refractivity contribution in [3.63, 3.8) is 0 Å². The third kappa shape index (κ3) is 3.20. The summed E-state index contributed by atoms with van der Waals surface area (Å²) >= 11 is 0. The minimum absolute atomic E-state index is 0.195. The van der Waals surface area contributed by atoms with E-state index in [0.717, 1.165) is 6.07 Å². The van der Waals surface area contributed by atoms with Crippen molar-refractivity contribution in [2.24, 2.45) is 0 Å². The van der Waals surface area contributed by atoms with Gasteiger partial charge in [0.15, 0.2) is 11.6 Å². The maximum absolute atomic E-state index is 14.5. The van der Waals surface area contributed by atoms with Crippen LogP contribution in [0.4, 0.5) is 23.7 Å². The Morgan fingerprint density at radius 1 is 0.903 bits per heavy atom. The highest BCUT2D eigenvalue weighted by molar-refractivity contribution is 6.11. The molecule has 2 amide bonds. The molecule has 1 heterocycles. The zero-order chi connectivity index (χ0) is 22.3. The van der Waals surface area contributed by atoms with Gasteiger partial charge in [0.05, 0.1) is 5.69 Å². The lowest BCUT2D eigenvalue weighted by Crippen LogP contribution is -2.37. The topological polar surface area (TPSA) is 58.6 Å². The number of nitrogens with zero attached hydrogens (tertiary/aromatic N) is 1. The smallest absolute Gasteiger partial charge is 0.410 e. The second-order valence-electron chi connectivity index (χ2n) is 7.28. The van der Waals surface area contributed by atoms with Crippen molar-refractivity contribution in [2.75, 3.05) is 19.4 Å². The molecule has 0 spiro atoms. The van der Waals surface area contributed by atoms with Crippen LogP contribution in [0, 0.1) is 17.5 Å². The van der Waals surface area contributed by atoms with E-state index < -0.39 is 34.9 Å². The fraction of sp³-hybridized carbons (Fsp3) is 0.130. The molecular weight excluding hydrogens is 409 g/mol. The van der Waals surface area contributed by atoms with Crippen molar-refractivity contribution in [1.29, 1.82) is 0 Å². The molecule has 1 atom stereocenters. The largest absolute Gasteiger partial charge is 0.414 e. The van der Waals surface area contributed by atoms with E-state index in [1.807, 2.05) is 0 Å². The van der Waals surface area contributed by atoms with Crippen molar-refractivity contribution in [3.8, 4) is 5.75 Å². The number of halogens is 3. The quantitative estimate of drug-likeness (QED) is 0.673.